The number of nitrogens with zero attached hydrogens (tertiary/aromatic N) is 2. The van der Waals surface area contributed by atoms with Crippen LogP contribution < -0.4 is 10.1 Å². The average molecular weight is 291 g/mol. The first-order valence-corrected chi connectivity index (χ1v) is 7.05. The lowest BCUT2D eigenvalue weighted by Gasteiger charge is -2.09. The first-order valence-electron chi connectivity index (χ1n) is 7.05. The molecule has 3 rings (SSSR count). The summed E-state index contributed by atoms with van der Waals surface area (Å²) in [4.78, 5) is 8.59. The molecule has 0 unspecified atom stereocenters. The normalized spacial score (nSPS) is 10.3. The highest BCUT2D eigenvalue weighted by molar-refractivity contribution is 5.69. The van der Waals surface area contributed by atoms with Crippen LogP contribution in [0.25, 0.3) is 11.1 Å². The Labute approximate surface area is 129 Å². The number of aryl methyl sites for hydroxylation is 1. The van der Waals surface area contributed by atoms with Crippen LogP contribution in [0.15, 0.2) is 60.9 Å². The van der Waals surface area contributed by atoms with Crippen LogP contribution in [0.1, 0.15) is 5.56 Å². The van der Waals surface area contributed by atoms with Crippen molar-refractivity contribution in [1.29, 1.82) is 0 Å². The summed E-state index contributed by atoms with van der Waals surface area (Å²) in [5.74, 6) is 2.44. The molecule has 0 spiro atoms. The molecule has 1 aromatic carbocycles. The van der Waals surface area contributed by atoms with Crippen LogP contribution in [0, 0.1) is 6.92 Å². The number of ether oxygens (including phenoxy) is 1. The molecule has 110 valence electrons. The molecule has 1 N–H and O–H groups in total. The van der Waals surface area contributed by atoms with E-state index in [9.17, 15) is 0 Å². The number of rotatable bonds is 4. The van der Waals surface area contributed by atoms with Crippen LogP contribution in [0.5, 0.6) is 5.75 Å². The van der Waals surface area contributed by atoms with Crippen LogP contribution in [0.3, 0.4) is 0 Å². The minimum Gasteiger partial charge on any atom is -0.496 e. The van der Waals surface area contributed by atoms with E-state index in [1.807, 2.05) is 49.4 Å². The van der Waals surface area contributed by atoms with E-state index in [4.69, 9.17) is 4.74 Å². The Morgan fingerprint density at radius 2 is 1.68 bits per heavy atom. The average Bonchev–Trinajstić information content (AvgIpc) is 2.56. The summed E-state index contributed by atoms with van der Waals surface area (Å²) >= 11 is 0. The zero-order valence-corrected chi connectivity index (χ0v) is 12.6. The molecule has 0 radical (unpaired) electrons. The molecule has 0 atom stereocenters. The highest BCUT2D eigenvalue weighted by Gasteiger charge is 2.04. The van der Waals surface area contributed by atoms with Gasteiger partial charge in [-0.05, 0) is 60.0 Å². The van der Waals surface area contributed by atoms with Gasteiger partial charge in [0.2, 0.25) is 0 Å². The van der Waals surface area contributed by atoms with Crippen molar-refractivity contribution in [3.05, 3.63) is 66.5 Å². The number of anilines is 2. The molecule has 0 saturated heterocycles. The second kappa shape index (κ2) is 6.26. The summed E-state index contributed by atoms with van der Waals surface area (Å²) in [7, 11) is 1.68. The molecule has 2 heterocycles. The van der Waals surface area contributed by atoms with Crippen molar-refractivity contribution in [3.63, 3.8) is 0 Å². The standard InChI is InChI=1S/C18H17N3O/c1-13-11-14(6-7-16(13)22-2)15-8-10-20-18(12-15)21-17-5-3-4-9-19-17/h3-12H,1-2H3,(H,19,20,21). The van der Waals surface area contributed by atoms with Gasteiger partial charge in [-0.1, -0.05) is 12.1 Å². The van der Waals surface area contributed by atoms with Crippen LogP contribution in [-0.4, -0.2) is 17.1 Å². The molecule has 22 heavy (non-hydrogen) atoms. The van der Waals surface area contributed by atoms with E-state index in [0.29, 0.717) is 0 Å². The van der Waals surface area contributed by atoms with Crippen molar-refractivity contribution >= 4 is 11.6 Å². The Morgan fingerprint density at radius 3 is 2.41 bits per heavy atom. The van der Waals surface area contributed by atoms with Crippen LogP contribution >= 0.6 is 0 Å². The minimum atomic E-state index is 0.768. The number of hydrogen-bond acceptors (Lipinski definition) is 4. The first-order chi connectivity index (χ1) is 10.8. The highest BCUT2D eigenvalue weighted by Crippen LogP contribution is 2.27. The van der Waals surface area contributed by atoms with Crippen LogP contribution in [-0.2, 0) is 0 Å². The van der Waals surface area contributed by atoms with Crippen molar-refractivity contribution in [2.75, 3.05) is 12.4 Å². The quantitative estimate of drug-likeness (QED) is 0.782. The largest absolute Gasteiger partial charge is 0.496 e. The third-order valence-electron chi connectivity index (χ3n) is 3.41. The fourth-order valence-electron chi connectivity index (χ4n) is 2.30. The maximum absolute atomic E-state index is 5.31. The third-order valence-corrected chi connectivity index (χ3v) is 3.41. The van der Waals surface area contributed by atoms with E-state index >= 15 is 0 Å². The Hall–Kier alpha value is -2.88. The lowest BCUT2D eigenvalue weighted by molar-refractivity contribution is 0.412. The van der Waals surface area contributed by atoms with E-state index in [1.54, 1.807) is 19.5 Å². The number of hydrogen-bond donors (Lipinski definition) is 1. The van der Waals surface area contributed by atoms with E-state index < -0.39 is 0 Å². The summed E-state index contributed by atoms with van der Waals surface area (Å²) in [6.45, 7) is 2.04. The molecule has 0 aliphatic carbocycles. The molecule has 0 amide bonds. The lowest BCUT2D eigenvalue weighted by Crippen LogP contribution is -1.95. The number of nitrogens with one attached hydrogen (secondary N) is 1. The predicted octanol–water partition coefficient (Wildman–Crippen LogP) is 4.20. The minimum absolute atomic E-state index is 0.768. The summed E-state index contributed by atoms with van der Waals surface area (Å²) < 4.78 is 5.31. The third kappa shape index (κ3) is 3.06. The number of aromatic nitrogens is 2. The van der Waals surface area contributed by atoms with Gasteiger partial charge in [0.25, 0.3) is 0 Å². The molecule has 0 bridgehead atoms. The molecule has 0 fully saturated rings. The summed E-state index contributed by atoms with van der Waals surface area (Å²) in [5.41, 5.74) is 3.33. The second-order valence-corrected chi connectivity index (χ2v) is 4.95. The number of methoxy groups -OCH3 is 1. The fraction of sp³-hybridized carbons (Fsp3) is 0.111. The Kier molecular flexibility index (Phi) is 4.01. The maximum Gasteiger partial charge on any atom is 0.132 e. The fourth-order valence-corrected chi connectivity index (χ4v) is 2.30. The summed E-state index contributed by atoms with van der Waals surface area (Å²) in [6.07, 6.45) is 3.54. The van der Waals surface area contributed by atoms with Crippen LogP contribution in [0.2, 0.25) is 0 Å². The summed E-state index contributed by atoms with van der Waals surface area (Å²) in [5, 5.41) is 3.20. The van der Waals surface area contributed by atoms with Gasteiger partial charge >= 0.3 is 0 Å². The maximum atomic E-state index is 5.31. The molecule has 0 aliphatic heterocycles. The van der Waals surface area contributed by atoms with Gasteiger partial charge in [0.1, 0.15) is 17.4 Å². The van der Waals surface area contributed by atoms with Crippen LogP contribution in [0.4, 0.5) is 11.6 Å². The van der Waals surface area contributed by atoms with Gasteiger partial charge < -0.3 is 10.1 Å². The Balaban J connectivity index is 1.89. The molecule has 0 aliphatic rings. The van der Waals surface area contributed by atoms with Gasteiger partial charge in [-0.2, -0.15) is 0 Å². The predicted molar refractivity (Wildman–Crippen MR) is 88.5 cm³/mol. The highest BCUT2D eigenvalue weighted by atomic mass is 16.5. The van der Waals surface area contributed by atoms with E-state index in [0.717, 1.165) is 34.1 Å². The van der Waals surface area contributed by atoms with Crippen molar-refractivity contribution in [2.45, 2.75) is 6.92 Å². The van der Waals surface area contributed by atoms with Gasteiger partial charge in [-0.25, -0.2) is 9.97 Å². The molecule has 4 nitrogen and oxygen atoms in total. The van der Waals surface area contributed by atoms with Gasteiger partial charge in [-0.3, -0.25) is 0 Å². The molecule has 0 saturated carbocycles. The van der Waals surface area contributed by atoms with Crippen molar-refractivity contribution in [1.82, 2.24) is 9.97 Å². The van der Waals surface area contributed by atoms with Crippen molar-refractivity contribution < 1.29 is 4.74 Å². The number of benzene rings is 1. The van der Waals surface area contributed by atoms with Gasteiger partial charge in [-0.15, -0.1) is 0 Å². The Morgan fingerprint density at radius 1 is 0.864 bits per heavy atom. The number of pyridine rings is 2. The molecular formula is C18H17N3O. The topological polar surface area (TPSA) is 47.0 Å². The zero-order chi connectivity index (χ0) is 15.4. The van der Waals surface area contributed by atoms with E-state index in [2.05, 4.69) is 21.4 Å². The summed E-state index contributed by atoms with van der Waals surface area (Å²) in [6, 6.07) is 15.9. The van der Waals surface area contributed by atoms with Crippen molar-refractivity contribution in [2.24, 2.45) is 0 Å². The zero-order valence-electron chi connectivity index (χ0n) is 12.6. The molecule has 3 aromatic rings. The van der Waals surface area contributed by atoms with E-state index in [1.165, 1.54) is 0 Å². The van der Waals surface area contributed by atoms with Gasteiger partial charge in [0, 0.05) is 12.4 Å². The second-order valence-electron chi connectivity index (χ2n) is 4.95. The smallest absolute Gasteiger partial charge is 0.132 e. The monoisotopic (exact) mass is 291 g/mol. The SMILES string of the molecule is COc1ccc(-c2ccnc(Nc3ccccn3)c2)cc1C. The molecule has 4 heteroatoms. The van der Waals surface area contributed by atoms with E-state index in [-0.39, 0.29) is 0 Å². The van der Waals surface area contributed by atoms with Gasteiger partial charge in [0.15, 0.2) is 0 Å². The molecule has 2 aromatic heterocycles. The Bertz CT molecular complexity index is 772. The van der Waals surface area contributed by atoms with Crippen molar-refractivity contribution in [3.8, 4) is 16.9 Å². The lowest BCUT2D eigenvalue weighted by atomic mass is 10.0. The molecular weight excluding hydrogens is 274 g/mol. The first kappa shape index (κ1) is 14.1. The van der Waals surface area contributed by atoms with Gasteiger partial charge in [0.05, 0.1) is 7.11 Å².